The van der Waals surface area contributed by atoms with Gasteiger partial charge < -0.3 is 23.9 Å². The standard InChI is InChI=1S/C30H33NO6/c1-4-6-7-16-37-24-15-14-22(18-25(24)35-5-2)27-26(28(32)21-12-10-20(3)11-13-21)29(33)30(34)31(27)19-23-9-8-17-36-23/h8-15,17-18,27,32H,4-7,16,19H2,1-3H3/b28-26+. The van der Waals surface area contributed by atoms with Crippen molar-refractivity contribution < 1.29 is 28.6 Å². The van der Waals surface area contributed by atoms with Crippen molar-refractivity contribution in [3.8, 4) is 11.5 Å². The van der Waals surface area contributed by atoms with E-state index in [-0.39, 0.29) is 17.9 Å². The normalized spacial score (nSPS) is 16.8. The van der Waals surface area contributed by atoms with Crippen LogP contribution in [0.1, 0.15) is 61.6 Å². The zero-order valence-corrected chi connectivity index (χ0v) is 21.5. The number of aliphatic hydroxyl groups is 1. The number of aliphatic hydroxyl groups excluding tert-OH is 1. The highest BCUT2D eigenvalue weighted by Gasteiger charge is 2.46. The van der Waals surface area contributed by atoms with E-state index in [4.69, 9.17) is 13.9 Å². The van der Waals surface area contributed by atoms with E-state index in [9.17, 15) is 14.7 Å². The molecule has 1 unspecified atom stereocenters. The van der Waals surface area contributed by atoms with Gasteiger partial charge in [0.25, 0.3) is 11.7 Å². The summed E-state index contributed by atoms with van der Waals surface area (Å²) in [7, 11) is 0. The summed E-state index contributed by atoms with van der Waals surface area (Å²) in [5, 5.41) is 11.3. The number of amides is 1. The zero-order chi connectivity index (χ0) is 26.4. The molecule has 1 aliphatic rings. The molecule has 1 aliphatic heterocycles. The molecule has 0 aliphatic carbocycles. The molecule has 2 aromatic carbocycles. The first kappa shape index (κ1) is 26.1. The lowest BCUT2D eigenvalue weighted by Crippen LogP contribution is -2.29. The predicted octanol–water partition coefficient (Wildman–Crippen LogP) is 6.18. The predicted molar refractivity (Wildman–Crippen MR) is 140 cm³/mol. The summed E-state index contributed by atoms with van der Waals surface area (Å²) >= 11 is 0. The second kappa shape index (κ2) is 11.8. The second-order valence-corrected chi connectivity index (χ2v) is 9.07. The quantitative estimate of drug-likeness (QED) is 0.146. The van der Waals surface area contributed by atoms with Crippen LogP contribution >= 0.6 is 0 Å². The third-order valence-corrected chi connectivity index (χ3v) is 6.36. The van der Waals surface area contributed by atoms with Gasteiger partial charge in [-0.25, -0.2) is 0 Å². The van der Waals surface area contributed by atoms with E-state index in [0.717, 1.165) is 24.8 Å². The van der Waals surface area contributed by atoms with Crippen molar-refractivity contribution in [2.75, 3.05) is 13.2 Å². The number of unbranched alkanes of at least 4 members (excludes halogenated alkanes) is 2. The van der Waals surface area contributed by atoms with Crippen LogP contribution in [-0.2, 0) is 16.1 Å². The molecule has 194 valence electrons. The number of furan rings is 1. The van der Waals surface area contributed by atoms with Crippen LogP contribution in [0, 0.1) is 6.92 Å². The summed E-state index contributed by atoms with van der Waals surface area (Å²) in [5.74, 6) is -0.00896. The topological polar surface area (TPSA) is 89.2 Å². The van der Waals surface area contributed by atoms with Gasteiger partial charge in [-0.05, 0) is 50.1 Å². The maximum absolute atomic E-state index is 13.3. The first-order valence-corrected chi connectivity index (χ1v) is 12.7. The fourth-order valence-corrected chi connectivity index (χ4v) is 4.44. The number of carbonyl (C=O) groups excluding carboxylic acids is 2. The van der Waals surface area contributed by atoms with Crippen molar-refractivity contribution in [2.45, 2.75) is 52.6 Å². The highest BCUT2D eigenvalue weighted by atomic mass is 16.5. The number of ketones is 1. The van der Waals surface area contributed by atoms with Gasteiger partial charge in [-0.15, -0.1) is 0 Å². The summed E-state index contributed by atoms with van der Waals surface area (Å²) in [6.07, 6.45) is 4.62. The molecular formula is C30H33NO6. The van der Waals surface area contributed by atoms with Crippen LogP contribution in [0.4, 0.5) is 0 Å². The summed E-state index contributed by atoms with van der Waals surface area (Å²) in [6.45, 7) is 7.02. The molecule has 1 aromatic heterocycles. The molecule has 0 saturated carbocycles. The van der Waals surface area contributed by atoms with Crippen molar-refractivity contribution in [3.63, 3.8) is 0 Å². The molecule has 0 radical (unpaired) electrons. The van der Waals surface area contributed by atoms with Gasteiger partial charge in [0.1, 0.15) is 11.5 Å². The fourth-order valence-electron chi connectivity index (χ4n) is 4.44. The van der Waals surface area contributed by atoms with Crippen LogP contribution in [0.5, 0.6) is 11.5 Å². The molecule has 1 amide bonds. The fraction of sp³-hybridized carbons (Fsp3) is 0.333. The maximum atomic E-state index is 13.3. The van der Waals surface area contributed by atoms with Crippen molar-refractivity contribution >= 4 is 17.4 Å². The van der Waals surface area contributed by atoms with Crippen LogP contribution in [0.2, 0.25) is 0 Å². The minimum absolute atomic E-state index is 0.0273. The molecule has 0 bridgehead atoms. The highest BCUT2D eigenvalue weighted by molar-refractivity contribution is 6.46. The van der Waals surface area contributed by atoms with E-state index < -0.39 is 17.7 Å². The summed E-state index contributed by atoms with van der Waals surface area (Å²) in [4.78, 5) is 27.9. The van der Waals surface area contributed by atoms with Crippen molar-refractivity contribution in [2.24, 2.45) is 0 Å². The molecule has 1 fully saturated rings. The number of hydrogen-bond acceptors (Lipinski definition) is 6. The Morgan fingerprint density at radius 1 is 1.00 bits per heavy atom. The molecule has 3 aromatic rings. The molecule has 7 nitrogen and oxygen atoms in total. The first-order chi connectivity index (χ1) is 17.9. The second-order valence-electron chi connectivity index (χ2n) is 9.07. The van der Waals surface area contributed by atoms with Gasteiger partial charge in [0.2, 0.25) is 0 Å². The highest BCUT2D eigenvalue weighted by Crippen LogP contribution is 2.42. The minimum Gasteiger partial charge on any atom is -0.507 e. The third-order valence-electron chi connectivity index (χ3n) is 6.36. The zero-order valence-electron chi connectivity index (χ0n) is 21.5. The van der Waals surface area contributed by atoms with Crippen LogP contribution in [0.25, 0.3) is 5.76 Å². The van der Waals surface area contributed by atoms with Gasteiger partial charge in [-0.2, -0.15) is 0 Å². The van der Waals surface area contributed by atoms with Gasteiger partial charge in [0, 0.05) is 5.56 Å². The van der Waals surface area contributed by atoms with Gasteiger partial charge in [0.05, 0.1) is 37.6 Å². The van der Waals surface area contributed by atoms with Crippen LogP contribution < -0.4 is 9.47 Å². The van der Waals surface area contributed by atoms with E-state index in [1.165, 1.54) is 11.2 Å². The van der Waals surface area contributed by atoms with E-state index >= 15 is 0 Å². The lowest BCUT2D eigenvalue weighted by molar-refractivity contribution is -0.140. The van der Waals surface area contributed by atoms with Gasteiger partial charge in [-0.3, -0.25) is 9.59 Å². The smallest absolute Gasteiger partial charge is 0.296 e. The lowest BCUT2D eigenvalue weighted by atomic mass is 9.94. The number of ether oxygens (including phenoxy) is 2. The number of likely N-dealkylation sites (tertiary alicyclic amines) is 1. The Morgan fingerprint density at radius 3 is 2.46 bits per heavy atom. The number of nitrogens with zero attached hydrogens (tertiary/aromatic N) is 1. The Morgan fingerprint density at radius 2 is 1.78 bits per heavy atom. The largest absolute Gasteiger partial charge is 0.507 e. The summed E-state index contributed by atoms with van der Waals surface area (Å²) in [5.41, 5.74) is 2.14. The Labute approximate surface area is 217 Å². The van der Waals surface area contributed by atoms with Crippen LogP contribution in [-0.4, -0.2) is 34.9 Å². The average molecular weight is 504 g/mol. The Hall–Kier alpha value is -4.00. The first-order valence-electron chi connectivity index (χ1n) is 12.7. The van der Waals surface area contributed by atoms with E-state index in [2.05, 4.69) is 6.92 Å². The Balaban J connectivity index is 1.79. The van der Waals surface area contributed by atoms with Gasteiger partial charge in [-0.1, -0.05) is 55.7 Å². The van der Waals surface area contributed by atoms with Crippen molar-refractivity contribution in [1.82, 2.24) is 4.90 Å². The van der Waals surface area contributed by atoms with Gasteiger partial charge >= 0.3 is 0 Å². The van der Waals surface area contributed by atoms with Crippen LogP contribution in [0.15, 0.2) is 70.9 Å². The molecule has 0 spiro atoms. The molecule has 4 rings (SSSR count). The minimum atomic E-state index is -0.834. The molecule has 1 atom stereocenters. The molecule has 2 heterocycles. The maximum Gasteiger partial charge on any atom is 0.296 e. The number of benzene rings is 2. The van der Waals surface area contributed by atoms with Gasteiger partial charge in [0.15, 0.2) is 11.5 Å². The molecule has 7 heteroatoms. The Kier molecular flexibility index (Phi) is 8.33. The SMILES string of the molecule is CCCCCOc1ccc(C2/C(=C(\O)c3ccc(C)cc3)C(=O)C(=O)N2Cc2ccco2)cc1OCC. The Bertz CT molecular complexity index is 1260. The number of rotatable bonds is 11. The average Bonchev–Trinajstić information content (AvgIpc) is 3.50. The van der Waals surface area contributed by atoms with E-state index in [1.807, 2.05) is 32.0 Å². The summed E-state index contributed by atoms with van der Waals surface area (Å²) < 4.78 is 17.3. The number of hydrogen-bond donors (Lipinski definition) is 1. The van der Waals surface area contributed by atoms with Crippen LogP contribution in [0.3, 0.4) is 0 Å². The molecule has 1 saturated heterocycles. The number of Topliss-reactive ketones (excluding diaryl/α,β-unsaturated/α-hetero) is 1. The van der Waals surface area contributed by atoms with E-state index in [1.54, 1.807) is 36.4 Å². The summed E-state index contributed by atoms with van der Waals surface area (Å²) in [6, 6.07) is 15.2. The number of carbonyl (C=O) groups is 2. The lowest BCUT2D eigenvalue weighted by Gasteiger charge is -2.25. The third kappa shape index (κ3) is 5.71. The molecule has 1 N–H and O–H groups in total. The van der Waals surface area contributed by atoms with Crippen molar-refractivity contribution in [3.05, 3.63) is 88.9 Å². The molecular weight excluding hydrogens is 470 g/mol. The molecule has 37 heavy (non-hydrogen) atoms. The monoisotopic (exact) mass is 503 g/mol. The number of aryl methyl sites for hydroxylation is 1. The van der Waals surface area contributed by atoms with E-state index in [0.29, 0.717) is 41.6 Å². The van der Waals surface area contributed by atoms with Crippen molar-refractivity contribution in [1.29, 1.82) is 0 Å².